The van der Waals surface area contributed by atoms with Crippen LogP contribution < -0.4 is 0 Å². The Balaban J connectivity index is 1.60. The lowest BCUT2D eigenvalue weighted by Gasteiger charge is -2.58. The van der Waals surface area contributed by atoms with Gasteiger partial charge < -0.3 is 10.2 Å². The molecule has 4 fully saturated rings. The first-order chi connectivity index (χ1) is 11.6. The van der Waals surface area contributed by atoms with Gasteiger partial charge >= 0.3 is 0 Å². The van der Waals surface area contributed by atoms with Gasteiger partial charge in [0.1, 0.15) is 0 Å². The van der Waals surface area contributed by atoms with Crippen molar-refractivity contribution in [1.82, 2.24) is 0 Å². The number of hydrogen-bond donors (Lipinski definition) is 2. The second-order valence-electron chi connectivity index (χ2n) is 11.2. The summed E-state index contributed by atoms with van der Waals surface area (Å²) in [4.78, 5) is 0. The van der Waals surface area contributed by atoms with E-state index in [-0.39, 0.29) is 6.10 Å². The van der Waals surface area contributed by atoms with Gasteiger partial charge in [0.05, 0.1) is 11.7 Å². The summed E-state index contributed by atoms with van der Waals surface area (Å²) in [5.74, 6) is 5.85. The number of hydrogen-bond acceptors (Lipinski definition) is 2. The summed E-state index contributed by atoms with van der Waals surface area (Å²) in [6.45, 7) is 11.3. The van der Waals surface area contributed by atoms with Crippen LogP contribution in [-0.4, -0.2) is 21.9 Å². The molecular weight excluding hydrogens is 308 g/mol. The van der Waals surface area contributed by atoms with Crippen LogP contribution in [0.1, 0.15) is 79.6 Å². The highest BCUT2D eigenvalue weighted by atomic mass is 16.3. The summed E-state index contributed by atoms with van der Waals surface area (Å²) < 4.78 is 0. The highest BCUT2D eigenvalue weighted by Gasteiger charge is 2.60. The number of aliphatic hydroxyl groups excluding tert-OH is 1. The van der Waals surface area contributed by atoms with Gasteiger partial charge in [-0.3, -0.25) is 0 Å². The van der Waals surface area contributed by atoms with Crippen molar-refractivity contribution in [3.63, 3.8) is 0 Å². The van der Waals surface area contributed by atoms with Gasteiger partial charge in [-0.1, -0.05) is 20.8 Å². The minimum atomic E-state index is -0.449. The molecule has 25 heavy (non-hydrogen) atoms. The van der Waals surface area contributed by atoms with E-state index in [4.69, 9.17) is 0 Å². The van der Waals surface area contributed by atoms with E-state index in [0.29, 0.717) is 17.3 Å². The molecule has 2 N–H and O–H groups in total. The van der Waals surface area contributed by atoms with Crippen molar-refractivity contribution in [3.05, 3.63) is 0 Å². The van der Waals surface area contributed by atoms with E-state index >= 15 is 0 Å². The van der Waals surface area contributed by atoms with Gasteiger partial charge in [-0.15, -0.1) is 0 Å². The summed E-state index contributed by atoms with van der Waals surface area (Å²) in [5.41, 5.74) is -0.0946. The van der Waals surface area contributed by atoms with E-state index in [9.17, 15) is 10.2 Å². The Morgan fingerprint density at radius 3 is 2.36 bits per heavy atom. The Hall–Kier alpha value is -0.0800. The molecule has 0 bridgehead atoms. The fourth-order valence-electron chi connectivity index (χ4n) is 8.59. The second-order valence-corrected chi connectivity index (χ2v) is 11.2. The van der Waals surface area contributed by atoms with Gasteiger partial charge in [0.15, 0.2) is 0 Å². The third-order valence-electron chi connectivity index (χ3n) is 9.85. The van der Waals surface area contributed by atoms with Gasteiger partial charge in [-0.05, 0) is 112 Å². The molecule has 2 heteroatoms. The van der Waals surface area contributed by atoms with Crippen LogP contribution in [0.2, 0.25) is 0 Å². The van der Waals surface area contributed by atoms with Crippen molar-refractivity contribution >= 4 is 0 Å². The topological polar surface area (TPSA) is 40.5 Å². The largest absolute Gasteiger partial charge is 0.393 e. The van der Waals surface area contributed by atoms with Crippen molar-refractivity contribution in [2.75, 3.05) is 0 Å². The highest BCUT2D eigenvalue weighted by molar-refractivity contribution is 5.09. The molecule has 0 aromatic rings. The zero-order valence-electron chi connectivity index (χ0n) is 17.0. The zero-order chi connectivity index (χ0) is 18.1. The van der Waals surface area contributed by atoms with Crippen LogP contribution in [0.5, 0.6) is 0 Å². The van der Waals surface area contributed by atoms with Crippen LogP contribution in [0.3, 0.4) is 0 Å². The summed E-state index contributed by atoms with van der Waals surface area (Å²) in [5, 5.41) is 21.2. The predicted octanol–water partition coefficient (Wildman–Crippen LogP) is 4.88. The smallest absolute Gasteiger partial charge is 0.0648 e. The average Bonchev–Trinajstić information content (AvgIpc) is 2.80. The molecule has 144 valence electrons. The van der Waals surface area contributed by atoms with E-state index in [1.165, 1.54) is 38.5 Å². The first kappa shape index (κ1) is 18.3. The molecule has 0 spiro atoms. The van der Waals surface area contributed by atoms with Gasteiger partial charge in [0.2, 0.25) is 0 Å². The quantitative estimate of drug-likeness (QED) is 0.709. The normalized spacial score (nSPS) is 59.6. The molecule has 0 aromatic heterocycles. The van der Waals surface area contributed by atoms with E-state index in [0.717, 1.165) is 41.9 Å². The SMILES string of the molecule is CC(O)[C@H]1C[C@@H](C)[C@H]2[C@@H]3CC[C@@H]4C[C@](C)(O)[C@@H](C)C[C@@H]4[C@H]3CC[C@@]21C. The molecule has 0 aromatic carbocycles. The van der Waals surface area contributed by atoms with Crippen molar-refractivity contribution in [2.24, 2.45) is 52.8 Å². The van der Waals surface area contributed by atoms with Gasteiger partial charge in [-0.2, -0.15) is 0 Å². The maximum atomic E-state index is 10.8. The number of fused-ring (bicyclic) bond motifs is 5. The molecule has 0 radical (unpaired) electrons. The molecule has 0 saturated heterocycles. The standard InChI is InChI=1S/C23H40O2/c1-13-10-20(15(3)24)22(4)9-8-17-18(21(13)22)7-6-16-12-23(5,25)14(2)11-19(16)17/h13-21,24-25H,6-12H2,1-5H3/t13-,14+,15?,16-,17+,18-,19+,20-,21+,22-,23+/m1/s1. The third-order valence-corrected chi connectivity index (χ3v) is 9.85. The van der Waals surface area contributed by atoms with Crippen LogP contribution in [0.4, 0.5) is 0 Å². The fraction of sp³-hybridized carbons (Fsp3) is 1.00. The molecule has 4 aliphatic rings. The van der Waals surface area contributed by atoms with Crippen molar-refractivity contribution < 1.29 is 10.2 Å². The summed E-state index contributed by atoms with van der Waals surface area (Å²) in [6, 6.07) is 0. The molecule has 4 rings (SSSR count). The van der Waals surface area contributed by atoms with Gasteiger partial charge in [0, 0.05) is 0 Å². The Kier molecular flexibility index (Phi) is 4.36. The molecule has 11 atom stereocenters. The minimum absolute atomic E-state index is 0.157. The Morgan fingerprint density at radius 1 is 0.960 bits per heavy atom. The summed E-state index contributed by atoms with van der Waals surface area (Å²) >= 11 is 0. The fourth-order valence-corrected chi connectivity index (χ4v) is 8.59. The predicted molar refractivity (Wildman–Crippen MR) is 102 cm³/mol. The van der Waals surface area contributed by atoms with Crippen molar-refractivity contribution in [3.8, 4) is 0 Å². The number of aliphatic hydroxyl groups is 2. The molecule has 0 heterocycles. The van der Waals surface area contributed by atoms with Crippen molar-refractivity contribution in [1.29, 1.82) is 0 Å². The first-order valence-corrected chi connectivity index (χ1v) is 11.1. The highest BCUT2D eigenvalue weighted by Crippen LogP contribution is 2.66. The Bertz CT molecular complexity index is 512. The molecule has 0 amide bonds. The lowest BCUT2D eigenvalue weighted by molar-refractivity contribution is -0.130. The molecule has 2 nitrogen and oxygen atoms in total. The van der Waals surface area contributed by atoms with Crippen LogP contribution >= 0.6 is 0 Å². The summed E-state index contributed by atoms with van der Waals surface area (Å²) in [6.07, 6.45) is 8.69. The third kappa shape index (κ3) is 2.64. The lowest BCUT2D eigenvalue weighted by Crippen LogP contribution is -2.53. The maximum Gasteiger partial charge on any atom is 0.0648 e. The Labute approximate surface area is 154 Å². The van der Waals surface area contributed by atoms with Crippen LogP contribution in [0, 0.1) is 52.8 Å². The average molecular weight is 349 g/mol. The van der Waals surface area contributed by atoms with E-state index in [2.05, 4.69) is 27.7 Å². The summed E-state index contributed by atoms with van der Waals surface area (Å²) in [7, 11) is 0. The minimum Gasteiger partial charge on any atom is -0.393 e. The Morgan fingerprint density at radius 2 is 1.68 bits per heavy atom. The second kappa shape index (κ2) is 5.96. The van der Waals surface area contributed by atoms with E-state index in [1.54, 1.807) is 0 Å². The first-order valence-electron chi connectivity index (χ1n) is 11.1. The molecule has 0 aliphatic heterocycles. The van der Waals surface area contributed by atoms with Gasteiger partial charge in [-0.25, -0.2) is 0 Å². The van der Waals surface area contributed by atoms with Crippen LogP contribution in [0.25, 0.3) is 0 Å². The van der Waals surface area contributed by atoms with Crippen LogP contribution in [-0.2, 0) is 0 Å². The van der Waals surface area contributed by atoms with E-state index in [1.807, 2.05) is 6.92 Å². The number of rotatable bonds is 1. The molecule has 1 unspecified atom stereocenters. The molecule has 4 aliphatic carbocycles. The van der Waals surface area contributed by atoms with Crippen LogP contribution in [0.15, 0.2) is 0 Å². The molecular formula is C23H40O2. The monoisotopic (exact) mass is 348 g/mol. The van der Waals surface area contributed by atoms with E-state index < -0.39 is 5.60 Å². The molecule has 4 saturated carbocycles. The lowest BCUT2D eigenvalue weighted by atomic mass is 9.47. The van der Waals surface area contributed by atoms with Crippen molar-refractivity contribution in [2.45, 2.75) is 91.3 Å². The van der Waals surface area contributed by atoms with Gasteiger partial charge in [0.25, 0.3) is 0 Å². The zero-order valence-corrected chi connectivity index (χ0v) is 17.0. The maximum absolute atomic E-state index is 10.8.